The molecule has 0 unspecified atom stereocenters. The van der Waals surface area contributed by atoms with E-state index in [1.165, 1.54) is 0 Å². The van der Waals surface area contributed by atoms with Gasteiger partial charge in [-0.1, -0.05) is 0 Å². The number of phosphoric acid groups is 1. The largest absolute Gasteiger partial charge is 0.493 e. The molecular formula is C20H23N2O6PS. The Labute approximate surface area is 179 Å². The average molecular weight is 450 g/mol. The van der Waals surface area contributed by atoms with E-state index in [1.54, 1.807) is 37.7 Å². The van der Waals surface area contributed by atoms with Gasteiger partial charge >= 0.3 is 7.82 Å². The first-order valence-corrected chi connectivity index (χ1v) is 11.6. The molecule has 0 saturated carbocycles. The molecule has 3 rings (SSSR count). The molecule has 1 saturated heterocycles. The van der Waals surface area contributed by atoms with Gasteiger partial charge in [-0.15, -0.1) is 11.3 Å². The van der Waals surface area contributed by atoms with E-state index in [0.29, 0.717) is 43.0 Å². The van der Waals surface area contributed by atoms with Crippen molar-refractivity contribution in [3.63, 3.8) is 0 Å². The first-order chi connectivity index (χ1) is 14.3. The minimum atomic E-state index is -4.45. The highest BCUT2D eigenvalue weighted by atomic mass is 32.1. The molecule has 1 aromatic heterocycles. The lowest BCUT2D eigenvalue weighted by Crippen LogP contribution is -2.36. The average Bonchev–Trinajstić information content (AvgIpc) is 3.19. The Kier molecular flexibility index (Phi) is 7.19. The van der Waals surface area contributed by atoms with Crippen molar-refractivity contribution in [2.45, 2.75) is 18.9 Å². The van der Waals surface area contributed by atoms with Gasteiger partial charge in [0.2, 0.25) is 0 Å². The van der Waals surface area contributed by atoms with Crippen molar-refractivity contribution >= 4 is 35.8 Å². The molecule has 2 aromatic rings. The zero-order valence-electron chi connectivity index (χ0n) is 16.6. The Morgan fingerprint density at radius 1 is 1.20 bits per heavy atom. The number of nitrogens with zero attached hydrogens (tertiary/aromatic N) is 2. The van der Waals surface area contributed by atoms with Gasteiger partial charge in [-0.3, -0.25) is 4.52 Å². The number of methoxy groups -OCH3 is 2. The predicted octanol–water partition coefficient (Wildman–Crippen LogP) is 3.91. The molecule has 8 nitrogen and oxygen atoms in total. The summed E-state index contributed by atoms with van der Waals surface area (Å²) in [5.41, 5.74) is 1.25. The zero-order valence-corrected chi connectivity index (χ0v) is 18.4. The molecule has 1 aliphatic rings. The van der Waals surface area contributed by atoms with Crippen LogP contribution in [0.5, 0.6) is 11.5 Å². The fourth-order valence-corrected chi connectivity index (χ4v) is 4.89. The van der Waals surface area contributed by atoms with Crippen molar-refractivity contribution in [1.29, 1.82) is 5.26 Å². The summed E-state index contributed by atoms with van der Waals surface area (Å²) in [5, 5.41) is 10.7. The van der Waals surface area contributed by atoms with Gasteiger partial charge in [0, 0.05) is 18.0 Å². The summed E-state index contributed by atoms with van der Waals surface area (Å²) in [6.45, 7) is 1.30. The second-order valence-corrected chi connectivity index (χ2v) is 8.98. The van der Waals surface area contributed by atoms with Crippen LogP contribution in [0.2, 0.25) is 0 Å². The van der Waals surface area contributed by atoms with Crippen molar-refractivity contribution in [3.05, 3.63) is 40.8 Å². The SMILES string of the molecule is COc1ccc(/C(C#N)=C/c2ccc(N3CCC(OP(=O)(O)O)CC3)s2)cc1OC. The lowest BCUT2D eigenvalue weighted by atomic mass is 10.1. The lowest BCUT2D eigenvalue weighted by molar-refractivity contribution is 0.114. The molecule has 0 atom stereocenters. The standard InChI is InChI=1S/C20H23N2O6PS/c1-26-18-5-3-14(12-19(18)27-2)15(13-21)11-17-4-6-20(30-17)22-9-7-16(8-10-22)28-29(23,24)25/h3-6,11-12,16H,7-10H2,1-2H3,(H2,23,24,25)/b15-11+. The van der Waals surface area contributed by atoms with Crippen molar-refractivity contribution in [1.82, 2.24) is 0 Å². The summed E-state index contributed by atoms with van der Waals surface area (Å²) < 4.78 is 26.4. The molecular weight excluding hydrogens is 427 g/mol. The fourth-order valence-electron chi connectivity index (χ4n) is 3.29. The summed E-state index contributed by atoms with van der Waals surface area (Å²) >= 11 is 1.56. The Hall–Kier alpha value is -2.34. The van der Waals surface area contributed by atoms with E-state index < -0.39 is 13.9 Å². The summed E-state index contributed by atoms with van der Waals surface area (Å²) in [6.07, 6.45) is 2.49. The number of ether oxygens (including phenoxy) is 2. The fraction of sp³-hybridized carbons (Fsp3) is 0.350. The molecule has 30 heavy (non-hydrogen) atoms. The third kappa shape index (κ3) is 5.63. The topological polar surface area (TPSA) is 112 Å². The van der Waals surface area contributed by atoms with Crippen LogP contribution in [-0.4, -0.2) is 43.2 Å². The van der Waals surface area contributed by atoms with E-state index in [1.807, 2.05) is 24.3 Å². The van der Waals surface area contributed by atoms with E-state index in [9.17, 15) is 9.83 Å². The number of anilines is 1. The maximum atomic E-state index is 11.0. The van der Waals surface area contributed by atoms with Gasteiger partial charge in [-0.2, -0.15) is 5.26 Å². The summed E-state index contributed by atoms with van der Waals surface area (Å²) in [5.74, 6) is 1.16. The zero-order chi connectivity index (χ0) is 21.7. The van der Waals surface area contributed by atoms with Gasteiger partial charge in [-0.05, 0) is 54.8 Å². The molecule has 1 aromatic carbocycles. The minimum absolute atomic E-state index is 0.434. The molecule has 0 bridgehead atoms. The van der Waals surface area contributed by atoms with E-state index in [-0.39, 0.29) is 0 Å². The molecule has 0 radical (unpaired) electrons. The van der Waals surface area contributed by atoms with Gasteiger partial charge in [0.15, 0.2) is 11.5 Å². The molecule has 0 amide bonds. The van der Waals surface area contributed by atoms with Crippen molar-refractivity contribution < 1.29 is 28.3 Å². The number of piperidine rings is 1. The number of nitriles is 1. The number of benzene rings is 1. The van der Waals surface area contributed by atoms with Crippen LogP contribution >= 0.6 is 19.2 Å². The van der Waals surface area contributed by atoms with E-state index >= 15 is 0 Å². The van der Waals surface area contributed by atoms with Crippen LogP contribution in [0.15, 0.2) is 30.3 Å². The molecule has 0 spiro atoms. The van der Waals surface area contributed by atoms with Crippen LogP contribution in [0.4, 0.5) is 5.00 Å². The highest BCUT2D eigenvalue weighted by Gasteiger charge is 2.27. The smallest absolute Gasteiger partial charge is 0.469 e. The normalized spacial score (nSPS) is 15.7. The Bertz CT molecular complexity index is 1000. The maximum Gasteiger partial charge on any atom is 0.469 e. The van der Waals surface area contributed by atoms with E-state index in [2.05, 4.69) is 11.0 Å². The lowest BCUT2D eigenvalue weighted by Gasteiger charge is -2.32. The first kappa shape index (κ1) is 22.3. The van der Waals surface area contributed by atoms with Gasteiger partial charge in [-0.25, -0.2) is 4.57 Å². The second kappa shape index (κ2) is 9.65. The number of allylic oxidation sites excluding steroid dienone is 1. The Morgan fingerprint density at radius 2 is 1.90 bits per heavy atom. The van der Waals surface area contributed by atoms with Crippen molar-refractivity contribution in [3.8, 4) is 17.6 Å². The molecule has 0 aliphatic carbocycles. The van der Waals surface area contributed by atoms with Crippen LogP contribution in [0.25, 0.3) is 11.6 Å². The van der Waals surface area contributed by atoms with Crippen LogP contribution in [0.3, 0.4) is 0 Å². The second-order valence-electron chi connectivity index (χ2n) is 6.70. The quantitative estimate of drug-likeness (QED) is 0.482. The van der Waals surface area contributed by atoms with Gasteiger partial charge < -0.3 is 24.2 Å². The number of hydrogen-bond acceptors (Lipinski definition) is 7. The third-order valence-electron chi connectivity index (χ3n) is 4.75. The molecule has 10 heteroatoms. The van der Waals surface area contributed by atoms with E-state index in [4.69, 9.17) is 23.8 Å². The summed E-state index contributed by atoms with van der Waals surface area (Å²) in [7, 11) is -1.34. The monoisotopic (exact) mass is 450 g/mol. The molecule has 2 N–H and O–H groups in total. The first-order valence-electron chi connectivity index (χ1n) is 9.26. The molecule has 2 heterocycles. The number of thiophene rings is 1. The van der Waals surface area contributed by atoms with Crippen LogP contribution in [0, 0.1) is 11.3 Å². The minimum Gasteiger partial charge on any atom is -0.493 e. The number of hydrogen-bond donors (Lipinski definition) is 2. The highest BCUT2D eigenvalue weighted by Crippen LogP contribution is 2.40. The Morgan fingerprint density at radius 3 is 2.50 bits per heavy atom. The van der Waals surface area contributed by atoms with Gasteiger partial charge in [0.25, 0.3) is 0 Å². The van der Waals surface area contributed by atoms with Crippen molar-refractivity contribution in [2.24, 2.45) is 0 Å². The third-order valence-corrected chi connectivity index (χ3v) is 6.42. The predicted molar refractivity (Wildman–Crippen MR) is 116 cm³/mol. The number of rotatable bonds is 7. The van der Waals surface area contributed by atoms with Crippen LogP contribution in [0.1, 0.15) is 23.3 Å². The van der Waals surface area contributed by atoms with Crippen LogP contribution in [-0.2, 0) is 9.09 Å². The molecule has 160 valence electrons. The van der Waals surface area contributed by atoms with E-state index in [0.717, 1.165) is 15.4 Å². The van der Waals surface area contributed by atoms with Crippen LogP contribution < -0.4 is 14.4 Å². The Balaban J connectivity index is 1.72. The summed E-state index contributed by atoms with van der Waals surface area (Å²) in [4.78, 5) is 21.0. The van der Waals surface area contributed by atoms with Gasteiger partial charge in [0.05, 0.1) is 37.0 Å². The summed E-state index contributed by atoms with van der Waals surface area (Å²) in [6, 6.07) is 11.5. The number of phosphoric ester groups is 1. The maximum absolute atomic E-state index is 11.0. The van der Waals surface area contributed by atoms with Gasteiger partial charge in [0.1, 0.15) is 0 Å². The molecule has 1 fully saturated rings. The highest BCUT2D eigenvalue weighted by molar-refractivity contribution is 7.46. The van der Waals surface area contributed by atoms with Crippen molar-refractivity contribution in [2.75, 3.05) is 32.2 Å². The molecule has 1 aliphatic heterocycles.